The van der Waals surface area contributed by atoms with Crippen molar-refractivity contribution in [2.45, 2.75) is 0 Å². The molecule has 0 saturated carbocycles. The molecule has 1 amide bonds. The number of non-ortho nitro benzene ring substituents is 1. The van der Waals surface area contributed by atoms with Crippen LogP contribution in [0.1, 0.15) is 10.4 Å². The van der Waals surface area contributed by atoms with Gasteiger partial charge in [0.05, 0.1) is 26.1 Å². The van der Waals surface area contributed by atoms with E-state index in [0.717, 1.165) is 18.2 Å². The van der Waals surface area contributed by atoms with Crippen LogP contribution in [0.5, 0.6) is 0 Å². The second kappa shape index (κ2) is 7.93. The number of carbonyl (C=O) groups is 1. The van der Waals surface area contributed by atoms with Gasteiger partial charge in [-0.25, -0.2) is 13.8 Å². The standard InChI is InChI=1S/C20H9Cl2F2N3O4/c21-13-6-10(27(29)30)2-3-11(13)19(28)25-9-1-4-18-17(5-9)26-20(31-18)12-7-15(23)16(24)8-14(12)22/h1-8H,(H,25,28). The predicted molar refractivity (Wildman–Crippen MR) is 110 cm³/mol. The van der Waals surface area contributed by atoms with E-state index in [1.54, 1.807) is 0 Å². The molecule has 1 aromatic heterocycles. The SMILES string of the molecule is O=C(Nc1ccc2oc(-c3cc(F)c(F)cc3Cl)nc2c1)c1ccc([N+](=O)[O-])cc1Cl. The average molecular weight is 464 g/mol. The average Bonchev–Trinajstić information content (AvgIpc) is 3.13. The molecule has 0 radical (unpaired) electrons. The topological polar surface area (TPSA) is 98.3 Å². The lowest BCUT2D eigenvalue weighted by Gasteiger charge is -2.06. The number of carbonyl (C=O) groups excluding carboxylic acids is 1. The number of aromatic nitrogens is 1. The summed E-state index contributed by atoms with van der Waals surface area (Å²) in [5.41, 5.74) is 0.851. The summed E-state index contributed by atoms with van der Waals surface area (Å²) in [5, 5.41) is 13.2. The van der Waals surface area contributed by atoms with Gasteiger partial charge in [-0.3, -0.25) is 14.9 Å². The smallest absolute Gasteiger partial charge is 0.270 e. The highest BCUT2D eigenvalue weighted by Gasteiger charge is 2.18. The quantitative estimate of drug-likeness (QED) is 0.219. The molecule has 0 aliphatic heterocycles. The minimum atomic E-state index is -1.10. The van der Waals surface area contributed by atoms with Crippen LogP contribution in [0.4, 0.5) is 20.2 Å². The van der Waals surface area contributed by atoms with Gasteiger partial charge in [0.2, 0.25) is 5.89 Å². The normalized spacial score (nSPS) is 11.0. The van der Waals surface area contributed by atoms with Gasteiger partial charge in [0, 0.05) is 17.8 Å². The van der Waals surface area contributed by atoms with E-state index >= 15 is 0 Å². The number of anilines is 1. The van der Waals surface area contributed by atoms with E-state index in [-0.39, 0.29) is 32.8 Å². The molecule has 1 N–H and O–H groups in total. The molecule has 0 atom stereocenters. The number of halogens is 4. The van der Waals surface area contributed by atoms with Crippen LogP contribution in [-0.2, 0) is 0 Å². The Morgan fingerprint density at radius 2 is 1.77 bits per heavy atom. The van der Waals surface area contributed by atoms with Gasteiger partial charge >= 0.3 is 0 Å². The van der Waals surface area contributed by atoms with Crippen LogP contribution in [0.2, 0.25) is 10.0 Å². The zero-order valence-electron chi connectivity index (χ0n) is 15.2. The lowest BCUT2D eigenvalue weighted by molar-refractivity contribution is -0.384. The fraction of sp³-hybridized carbons (Fsp3) is 0. The first-order valence-corrected chi connectivity index (χ1v) is 9.29. The monoisotopic (exact) mass is 463 g/mol. The summed E-state index contributed by atoms with van der Waals surface area (Å²) in [6.07, 6.45) is 0. The van der Waals surface area contributed by atoms with E-state index < -0.39 is 22.5 Å². The summed E-state index contributed by atoms with van der Waals surface area (Å²) in [6.45, 7) is 0. The molecule has 0 fully saturated rings. The Hall–Kier alpha value is -3.56. The van der Waals surface area contributed by atoms with E-state index in [4.69, 9.17) is 27.6 Å². The lowest BCUT2D eigenvalue weighted by atomic mass is 10.2. The third-order valence-electron chi connectivity index (χ3n) is 4.29. The second-order valence-electron chi connectivity index (χ2n) is 6.32. The summed E-state index contributed by atoms with van der Waals surface area (Å²) >= 11 is 11.9. The maximum atomic E-state index is 13.6. The molecule has 31 heavy (non-hydrogen) atoms. The third kappa shape index (κ3) is 4.05. The van der Waals surface area contributed by atoms with Gasteiger partial charge in [-0.05, 0) is 36.4 Å². The number of fused-ring (bicyclic) bond motifs is 1. The lowest BCUT2D eigenvalue weighted by Crippen LogP contribution is -2.12. The zero-order chi connectivity index (χ0) is 22.3. The van der Waals surface area contributed by atoms with Crippen molar-refractivity contribution in [2.24, 2.45) is 0 Å². The van der Waals surface area contributed by atoms with Crippen molar-refractivity contribution in [1.29, 1.82) is 0 Å². The molecule has 156 valence electrons. The number of nitro groups is 1. The maximum Gasteiger partial charge on any atom is 0.270 e. The fourth-order valence-corrected chi connectivity index (χ4v) is 3.30. The highest BCUT2D eigenvalue weighted by molar-refractivity contribution is 6.34. The Kier molecular flexibility index (Phi) is 5.30. The van der Waals surface area contributed by atoms with E-state index in [2.05, 4.69) is 10.3 Å². The molecule has 4 aromatic rings. The van der Waals surface area contributed by atoms with Gasteiger partial charge in [-0.15, -0.1) is 0 Å². The number of nitrogens with one attached hydrogen (secondary N) is 1. The summed E-state index contributed by atoms with van der Waals surface area (Å²) in [7, 11) is 0. The van der Waals surface area contributed by atoms with Crippen molar-refractivity contribution < 1.29 is 22.9 Å². The zero-order valence-corrected chi connectivity index (χ0v) is 16.7. The summed E-state index contributed by atoms with van der Waals surface area (Å²) in [6, 6.07) is 9.73. The van der Waals surface area contributed by atoms with Gasteiger partial charge in [-0.2, -0.15) is 0 Å². The molecule has 7 nitrogen and oxygen atoms in total. The van der Waals surface area contributed by atoms with Crippen molar-refractivity contribution in [1.82, 2.24) is 4.98 Å². The third-order valence-corrected chi connectivity index (χ3v) is 4.92. The van der Waals surface area contributed by atoms with Crippen LogP contribution in [0, 0.1) is 21.7 Å². The van der Waals surface area contributed by atoms with E-state index in [0.29, 0.717) is 16.8 Å². The number of hydrogen-bond donors (Lipinski definition) is 1. The van der Waals surface area contributed by atoms with Gasteiger partial charge in [-0.1, -0.05) is 23.2 Å². The minimum absolute atomic E-state index is 0.0270. The Balaban J connectivity index is 1.62. The Labute approximate surface area is 182 Å². The van der Waals surface area contributed by atoms with Gasteiger partial charge < -0.3 is 9.73 Å². The molecular formula is C20H9Cl2F2N3O4. The largest absolute Gasteiger partial charge is 0.436 e. The first-order valence-electron chi connectivity index (χ1n) is 8.54. The minimum Gasteiger partial charge on any atom is -0.436 e. The van der Waals surface area contributed by atoms with Crippen LogP contribution in [0.3, 0.4) is 0 Å². The molecule has 4 rings (SSSR count). The van der Waals surface area contributed by atoms with Crippen LogP contribution in [-0.4, -0.2) is 15.8 Å². The van der Waals surface area contributed by atoms with Crippen LogP contribution >= 0.6 is 23.2 Å². The highest BCUT2D eigenvalue weighted by Crippen LogP contribution is 2.32. The van der Waals surface area contributed by atoms with Crippen LogP contribution < -0.4 is 5.32 Å². The van der Waals surface area contributed by atoms with Crippen molar-refractivity contribution in [2.75, 3.05) is 5.32 Å². The Bertz CT molecular complexity index is 1370. The summed E-state index contributed by atoms with van der Waals surface area (Å²) in [5.74, 6) is -2.82. The molecular weight excluding hydrogens is 455 g/mol. The van der Waals surface area contributed by atoms with E-state index in [1.165, 1.54) is 30.3 Å². The molecule has 0 bridgehead atoms. The van der Waals surface area contributed by atoms with Crippen molar-refractivity contribution >= 4 is 51.6 Å². The molecule has 0 aliphatic carbocycles. The van der Waals surface area contributed by atoms with Crippen molar-refractivity contribution in [3.8, 4) is 11.5 Å². The Morgan fingerprint density at radius 3 is 2.48 bits per heavy atom. The predicted octanol–water partition coefficient (Wildman–Crippen LogP) is 6.24. The van der Waals surface area contributed by atoms with Crippen molar-refractivity contribution in [3.05, 3.63) is 85.9 Å². The number of hydrogen-bond acceptors (Lipinski definition) is 5. The highest BCUT2D eigenvalue weighted by atomic mass is 35.5. The molecule has 0 saturated heterocycles. The number of nitro benzene ring substituents is 1. The summed E-state index contributed by atoms with van der Waals surface area (Å²) in [4.78, 5) is 26.9. The Morgan fingerprint density at radius 1 is 1.03 bits per heavy atom. The first kappa shape index (κ1) is 20.7. The number of amides is 1. The number of benzene rings is 3. The second-order valence-corrected chi connectivity index (χ2v) is 7.14. The molecule has 11 heteroatoms. The molecule has 1 heterocycles. The molecule has 3 aromatic carbocycles. The number of oxazole rings is 1. The van der Waals surface area contributed by atoms with Gasteiger partial charge in [0.15, 0.2) is 17.2 Å². The summed E-state index contributed by atoms with van der Waals surface area (Å²) < 4.78 is 32.4. The number of nitrogens with zero attached hydrogens (tertiary/aromatic N) is 2. The van der Waals surface area contributed by atoms with Gasteiger partial charge in [0.25, 0.3) is 11.6 Å². The first-order chi connectivity index (χ1) is 14.7. The van der Waals surface area contributed by atoms with Crippen LogP contribution in [0.15, 0.2) is 52.9 Å². The molecule has 0 aliphatic rings. The molecule has 0 spiro atoms. The van der Waals surface area contributed by atoms with Gasteiger partial charge in [0.1, 0.15) is 5.52 Å². The maximum absolute atomic E-state index is 13.6. The number of rotatable bonds is 4. The van der Waals surface area contributed by atoms with E-state index in [1.807, 2.05) is 0 Å². The van der Waals surface area contributed by atoms with E-state index in [9.17, 15) is 23.7 Å². The van der Waals surface area contributed by atoms with Crippen LogP contribution in [0.25, 0.3) is 22.6 Å². The van der Waals surface area contributed by atoms with Crippen molar-refractivity contribution in [3.63, 3.8) is 0 Å². The molecule has 0 unspecified atom stereocenters. The fourth-order valence-electron chi connectivity index (χ4n) is 2.81.